The fourth-order valence-corrected chi connectivity index (χ4v) is 2.21. The molecule has 1 N–H and O–H groups in total. The van der Waals surface area contributed by atoms with E-state index in [0.717, 1.165) is 18.6 Å². The zero-order valence-corrected chi connectivity index (χ0v) is 12.5. The highest BCUT2D eigenvalue weighted by Gasteiger charge is 2.43. The summed E-state index contributed by atoms with van der Waals surface area (Å²) in [7, 11) is 0. The number of hydrogen-bond donors (Lipinski definition) is 1. The number of hydrogen-bond acceptors (Lipinski definition) is 5. The van der Waals surface area contributed by atoms with Crippen molar-refractivity contribution in [3.8, 4) is 5.75 Å². The van der Waals surface area contributed by atoms with Crippen molar-refractivity contribution in [3.05, 3.63) is 41.7 Å². The van der Waals surface area contributed by atoms with E-state index in [2.05, 4.69) is 20.3 Å². The van der Waals surface area contributed by atoms with E-state index >= 15 is 0 Å². The summed E-state index contributed by atoms with van der Waals surface area (Å²) < 4.78 is 10.4. The quantitative estimate of drug-likeness (QED) is 0.845. The second-order valence-electron chi connectivity index (χ2n) is 5.85. The minimum Gasteiger partial charge on any atom is -0.493 e. The summed E-state index contributed by atoms with van der Waals surface area (Å²) in [6.45, 7) is 3.03. The Hall–Kier alpha value is -2.37. The topological polar surface area (TPSA) is 77.2 Å². The van der Waals surface area contributed by atoms with Crippen LogP contribution in [0.3, 0.4) is 0 Å². The summed E-state index contributed by atoms with van der Waals surface area (Å²) in [5.41, 5.74) is 1.31. The van der Waals surface area contributed by atoms with Crippen LogP contribution in [0.25, 0.3) is 0 Å². The first-order chi connectivity index (χ1) is 10.7. The molecule has 0 spiro atoms. The average molecular weight is 301 g/mol. The van der Waals surface area contributed by atoms with Crippen molar-refractivity contribution >= 4 is 5.91 Å². The lowest BCUT2D eigenvalue weighted by Gasteiger charge is -2.17. The maximum absolute atomic E-state index is 11.9. The molecule has 0 unspecified atom stereocenters. The second-order valence-corrected chi connectivity index (χ2v) is 5.85. The molecular formula is C16H19N3O3. The number of carbonyl (C=O) groups excluding carboxylic acids is 1. The van der Waals surface area contributed by atoms with Crippen molar-refractivity contribution in [2.45, 2.75) is 26.2 Å². The maximum Gasteiger partial charge on any atom is 0.226 e. The number of nitrogens with zero attached hydrogens (tertiary/aromatic N) is 2. The number of aromatic nitrogens is 2. The van der Waals surface area contributed by atoms with Gasteiger partial charge in [-0.1, -0.05) is 28.5 Å². The second kappa shape index (κ2) is 6.17. The fraction of sp³-hybridized carbons (Fsp3) is 0.438. The van der Waals surface area contributed by atoms with Gasteiger partial charge in [-0.15, -0.1) is 0 Å². The van der Waals surface area contributed by atoms with Gasteiger partial charge in [0.2, 0.25) is 5.91 Å². The van der Waals surface area contributed by atoms with E-state index in [9.17, 15) is 4.79 Å². The lowest BCUT2D eigenvalue weighted by atomic mass is 10.1. The van der Waals surface area contributed by atoms with Crippen LogP contribution in [0.1, 0.15) is 24.2 Å². The zero-order chi connectivity index (χ0) is 15.4. The molecule has 22 heavy (non-hydrogen) atoms. The Morgan fingerprint density at radius 3 is 2.73 bits per heavy atom. The number of aryl methyl sites for hydroxylation is 1. The maximum atomic E-state index is 11.9. The molecule has 1 heterocycles. The van der Waals surface area contributed by atoms with E-state index in [1.807, 2.05) is 30.3 Å². The molecule has 2 aromatic rings. The third-order valence-corrected chi connectivity index (χ3v) is 3.98. The zero-order valence-electron chi connectivity index (χ0n) is 12.5. The van der Waals surface area contributed by atoms with Crippen LogP contribution in [0.4, 0.5) is 0 Å². The van der Waals surface area contributed by atoms with E-state index < -0.39 is 0 Å². The Morgan fingerprint density at radius 1 is 1.32 bits per heavy atom. The lowest BCUT2D eigenvalue weighted by Crippen LogP contribution is -2.34. The molecule has 1 amide bonds. The van der Waals surface area contributed by atoms with Crippen LogP contribution in [0.5, 0.6) is 5.75 Å². The molecule has 1 saturated carbocycles. The molecule has 0 bridgehead atoms. The van der Waals surface area contributed by atoms with Crippen molar-refractivity contribution in [3.63, 3.8) is 0 Å². The summed E-state index contributed by atoms with van der Waals surface area (Å²) in [6, 6.07) is 9.74. The predicted octanol–water partition coefficient (Wildman–Crippen LogP) is 1.90. The molecule has 1 fully saturated rings. The normalized spacial score (nSPS) is 15.3. The van der Waals surface area contributed by atoms with Gasteiger partial charge in [-0.25, -0.2) is 4.63 Å². The van der Waals surface area contributed by atoms with E-state index in [4.69, 9.17) is 4.74 Å². The summed E-state index contributed by atoms with van der Waals surface area (Å²) in [5.74, 6) is 0.800. The SMILES string of the molecule is Cc1nonc1CC(=O)NCC1(COc2ccccc2)CC1. The Balaban J connectivity index is 1.44. The Morgan fingerprint density at radius 2 is 2.09 bits per heavy atom. The van der Waals surface area contributed by atoms with Crippen molar-refractivity contribution in [1.82, 2.24) is 15.6 Å². The van der Waals surface area contributed by atoms with Crippen LogP contribution in [-0.2, 0) is 11.2 Å². The van der Waals surface area contributed by atoms with Crippen LogP contribution in [0.2, 0.25) is 0 Å². The predicted molar refractivity (Wildman–Crippen MR) is 79.4 cm³/mol. The van der Waals surface area contributed by atoms with Crippen molar-refractivity contribution < 1.29 is 14.2 Å². The number of carbonyl (C=O) groups is 1. The van der Waals surface area contributed by atoms with Gasteiger partial charge in [0.1, 0.15) is 17.1 Å². The molecule has 6 heteroatoms. The van der Waals surface area contributed by atoms with Gasteiger partial charge in [-0.05, 0) is 31.9 Å². The van der Waals surface area contributed by atoms with Crippen LogP contribution in [0.15, 0.2) is 35.0 Å². The number of amides is 1. The number of benzene rings is 1. The Labute approximate surface area is 128 Å². The minimum atomic E-state index is -0.0650. The third-order valence-electron chi connectivity index (χ3n) is 3.98. The van der Waals surface area contributed by atoms with E-state index in [-0.39, 0.29) is 17.7 Å². The van der Waals surface area contributed by atoms with Gasteiger partial charge in [-0.2, -0.15) is 0 Å². The Kier molecular flexibility index (Phi) is 4.09. The van der Waals surface area contributed by atoms with Crippen LogP contribution >= 0.6 is 0 Å². The highest BCUT2D eigenvalue weighted by atomic mass is 16.6. The summed E-state index contributed by atoms with van der Waals surface area (Å²) in [5, 5.41) is 10.3. The molecule has 0 radical (unpaired) electrons. The van der Waals surface area contributed by atoms with E-state index in [0.29, 0.717) is 24.5 Å². The van der Waals surface area contributed by atoms with Gasteiger partial charge in [-0.3, -0.25) is 4.79 Å². The monoisotopic (exact) mass is 301 g/mol. The molecule has 116 valence electrons. The average Bonchev–Trinajstić information content (AvgIpc) is 3.21. The number of nitrogens with one attached hydrogen (secondary N) is 1. The first-order valence-corrected chi connectivity index (χ1v) is 7.39. The largest absolute Gasteiger partial charge is 0.493 e. The summed E-state index contributed by atoms with van der Waals surface area (Å²) in [4.78, 5) is 11.9. The Bertz CT molecular complexity index is 635. The molecule has 0 aliphatic heterocycles. The van der Waals surface area contributed by atoms with Gasteiger partial charge >= 0.3 is 0 Å². The molecule has 1 aliphatic rings. The molecule has 1 aromatic carbocycles. The standard InChI is InChI=1S/C16H19N3O3/c1-12-14(19-22-18-12)9-15(20)17-10-16(7-8-16)11-21-13-5-3-2-4-6-13/h2-6H,7-11H2,1H3,(H,17,20). The highest BCUT2D eigenvalue weighted by molar-refractivity contribution is 5.78. The minimum absolute atomic E-state index is 0.0650. The van der Waals surface area contributed by atoms with E-state index in [1.165, 1.54) is 0 Å². The number of para-hydroxylation sites is 1. The molecule has 6 nitrogen and oxygen atoms in total. The molecule has 0 atom stereocenters. The molecule has 1 aliphatic carbocycles. The lowest BCUT2D eigenvalue weighted by molar-refractivity contribution is -0.120. The summed E-state index contributed by atoms with van der Waals surface area (Å²) in [6.07, 6.45) is 2.35. The third kappa shape index (κ3) is 3.63. The van der Waals surface area contributed by atoms with Crippen LogP contribution in [-0.4, -0.2) is 29.4 Å². The van der Waals surface area contributed by atoms with Gasteiger partial charge in [0.05, 0.1) is 13.0 Å². The molecule has 1 aromatic heterocycles. The highest BCUT2D eigenvalue weighted by Crippen LogP contribution is 2.45. The van der Waals surface area contributed by atoms with Crippen molar-refractivity contribution in [2.75, 3.05) is 13.2 Å². The number of ether oxygens (including phenoxy) is 1. The molecule has 3 rings (SSSR count). The first kappa shape index (κ1) is 14.6. The van der Waals surface area contributed by atoms with Gasteiger partial charge in [0.15, 0.2) is 0 Å². The molecular weight excluding hydrogens is 282 g/mol. The molecule has 0 saturated heterocycles. The number of rotatable bonds is 7. The van der Waals surface area contributed by atoms with E-state index in [1.54, 1.807) is 6.92 Å². The van der Waals surface area contributed by atoms with Gasteiger partial charge < -0.3 is 10.1 Å². The first-order valence-electron chi connectivity index (χ1n) is 7.39. The van der Waals surface area contributed by atoms with Crippen molar-refractivity contribution in [2.24, 2.45) is 5.41 Å². The van der Waals surface area contributed by atoms with Crippen molar-refractivity contribution in [1.29, 1.82) is 0 Å². The van der Waals surface area contributed by atoms with Gasteiger partial charge in [0.25, 0.3) is 0 Å². The smallest absolute Gasteiger partial charge is 0.226 e. The van der Waals surface area contributed by atoms with Gasteiger partial charge in [0, 0.05) is 12.0 Å². The summed E-state index contributed by atoms with van der Waals surface area (Å²) >= 11 is 0. The van der Waals surface area contributed by atoms with Crippen LogP contribution < -0.4 is 10.1 Å². The fourth-order valence-electron chi connectivity index (χ4n) is 2.21. The van der Waals surface area contributed by atoms with Crippen LogP contribution in [0, 0.1) is 12.3 Å².